The first-order valence-electron chi connectivity index (χ1n) is 5.98. The van der Waals surface area contributed by atoms with Crippen LogP contribution in [0.2, 0.25) is 5.02 Å². The van der Waals surface area contributed by atoms with E-state index in [4.69, 9.17) is 17.4 Å². The summed E-state index contributed by atoms with van der Waals surface area (Å²) >= 11 is 5.72. The average molecular weight is 259 g/mol. The molecule has 0 saturated carbocycles. The molecule has 0 bridgehead atoms. The van der Waals surface area contributed by atoms with Gasteiger partial charge in [0.1, 0.15) is 5.82 Å². The van der Waals surface area contributed by atoms with Crippen molar-refractivity contribution in [1.82, 2.24) is 5.43 Å². The molecule has 1 aromatic rings. The number of hydrogen-bond donors (Lipinski definition) is 2. The summed E-state index contributed by atoms with van der Waals surface area (Å²) in [5, 5.41) is 0.421. The third-order valence-corrected chi connectivity index (χ3v) is 3.34. The first kappa shape index (κ1) is 14.4. The molecule has 2 nitrogen and oxygen atoms in total. The minimum Gasteiger partial charge on any atom is -0.271 e. The monoisotopic (exact) mass is 258 g/mol. The molecule has 0 aliphatic rings. The second kappa shape index (κ2) is 6.94. The highest BCUT2D eigenvalue weighted by Crippen LogP contribution is 2.19. The van der Waals surface area contributed by atoms with Crippen molar-refractivity contribution >= 4 is 11.6 Å². The lowest BCUT2D eigenvalue weighted by molar-refractivity contribution is 0.353. The minimum absolute atomic E-state index is 0.0885. The van der Waals surface area contributed by atoms with Crippen LogP contribution in [0.1, 0.15) is 32.3 Å². The van der Waals surface area contributed by atoms with Crippen molar-refractivity contribution in [2.45, 2.75) is 39.2 Å². The van der Waals surface area contributed by atoms with Crippen molar-refractivity contribution in [2.24, 2.45) is 11.8 Å². The number of halogens is 2. The maximum Gasteiger partial charge on any atom is 0.127 e. The van der Waals surface area contributed by atoms with Crippen LogP contribution >= 0.6 is 11.6 Å². The number of rotatable bonds is 6. The first-order valence-corrected chi connectivity index (χ1v) is 6.36. The Bertz CT molecular complexity index is 357. The van der Waals surface area contributed by atoms with Gasteiger partial charge in [0.15, 0.2) is 0 Å². The van der Waals surface area contributed by atoms with E-state index in [9.17, 15) is 4.39 Å². The zero-order chi connectivity index (χ0) is 12.8. The normalized spacial score (nSPS) is 14.6. The maximum absolute atomic E-state index is 13.6. The smallest absolute Gasteiger partial charge is 0.127 e. The van der Waals surface area contributed by atoms with Crippen LogP contribution in [0.25, 0.3) is 0 Å². The van der Waals surface area contributed by atoms with Gasteiger partial charge >= 0.3 is 0 Å². The van der Waals surface area contributed by atoms with Crippen molar-refractivity contribution < 1.29 is 4.39 Å². The predicted molar refractivity (Wildman–Crippen MR) is 70.3 cm³/mol. The van der Waals surface area contributed by atoms with E-state index in [0.717, 1.165) is 12.8 Å². The molecule has 4 heteroatoms. The molecule has 0 aromatic heterocycles. The quantitative estimate of drug-likeness (QED) is 0.607. The molecule has 0 fully saturated rings. The summed E-state index contributed by atoms with van der Waals surface area (Å²) in [5.74, 6) is 5.69. The van der Waals surface area contributed by atoms with Crippen LogP contribution in [0.5, 0.6) is 0 Å². The van der Waals surface area contributed by atoms with Gasteiger partial charge in [0.05, 0.1) is 0 Å². The Kier molecular flexibility index (Phi) is 5.89. The SMILES string of the molecule is CCCC(C)C(Cc1ccc(Cl)cc1F)NN. The molecule has 1 aromatic carbocycles. The molecule has 2 atom stereocenters. The first-order chi connectivity index (χ1) is 8.08. The van der Waals surface area contributed by atoms with Gasteiger partial charge in [0.2, 0.25) is 0 Å². The van der Waals surface area contributed by atoms with Crippen molar-refractivity contribution in [3.63, 3.8) is 0 Å². The molecule has 1 rings (SSSR count). The molecule has 2 unspecified atom stereocenters. The summed E-state index contributed by atoms with van der Waals surface area (Å²) in [6, 6.07) is 4.86. The van der Waals surface area contributed by atoms with Gasteiger partial charge in [-0.25, -0.2) is 4.39 Å². The fourth-order valence-corrected chi connectivity index (χ4v) is 2.16. The van der Waals surface area contributed by atoms with Gasteiger partial charge in [-0.05, 0) is 36.5 Å². The van der Waals surface area contributed by atoms with Crippen LogP contribution in [0.15, 0.2) is 18.2 Å². The van der Waals surface area contributed by atoms with Crippen LogP contribution in [0, 0.1) is 11.7 Å². The largest absolute Gasteiger partial charge is 0.271 e. The molecule has 0 spiro atoms. The Hall–Kier alpha value is -0.640. The lowest BCUT2D eigenvalue weighted by Crippen LogP contribution is -2.41. The van der Waals surface area contributed by atoms with E-state index in [1.807, 2.05) is 0 Å². The molecule has 0 aliphatic heterocycles. The van der Waals surface area contributed by atoms with E-state index in [2.05, 4.69) is 19.3 Å². The van der Waals surface area contributed by atoms with Gasteiger partial charge in [-0.3, -0.25) is 11.3 Å². The zero-order valence-electron chi connectivity index (χ0n) is 10.3. The van der Waals surface area contributed by atoms with Gasteiger partial charge in [0, 0.05) is 11.1 Å². The van der Waals surface area contributed by atoms with Crippen LogP contribution in [-0.4, -0.2) is 6.04 Å². The lowest BCUT2D eigenvalue weighted by Gasteiger charge is -2.23. The van der Waals surface area contributed by atoms with Gasteiger partial charge in [-0.2, -0.15) is 0 Å². The second-order valence-electron chi connectivity index (χ2n) is 4.48. The Morgan fingerprint density at radius 1 is 1.47 bits per heavy atom. The zero-order valence-corrected chi connectivity index (χ0v) is 11.1. The van der Waals surface area contributed by atoms with E-state index in [0.29, 0.717) is 22.9 Å². The summed E-state index contributed by atoms with van der Waals surface area (Å²) < 4.78 is 13.6. The Morgan fingerprint density at radius 3 is 2.71 bits per heavy atom. The van der Waals surface area contributed by atoms with Crippen LogP contribution in [0.3, 0.4) is 0 Å². The summed E-state index contributed by atoms with van der Waals surface area (Å²) in [6.07, 6.45) is 2.76. The standard InChI is InChI=1S/C13H20ClFN2/c1-3-4-9(2)13(17-16)7-10-5-6-11(14)8-12(10)15/h5-6,8-9,13,17H,3-4,7,16H2,1-2H3. The molecule has 0 amide bonds. The van der Waals surface area contributed by atoms with Crippen LogP contribution < -0.4 is 11.3 Å². The van der Waals surface area contributed by atoms with Gasteiger partial charge in [-0.15, -0.1) is 0 Å². The van der Waals surface area contributed by atoms with E-state index in [1.165, 1.54) is 6.07 Å². The third kappa shape index (κ3) is 4.26. The molecular weight excluding hydrogens is 239 g/mol. The average Bonchev–Trinajstić information content (AvgIpc) is 2.28. The van der Waals surface area contributed by atoms with Crippen molar-refractivity contribution in [3.8, 4) is 0 Å². The number of hydrogen-bond acceptors (Lipinski definition) is 2. The topological polar surface area (TPSA) is 38.0 Å². The third-order valence-electron chi connectivity index (χ3n) is 3.10. The fraction of sp³-hybridized carbons (Fsp3) is 0.538. The molecule has 17 heavy (non-hydrogen) atoms. The summed E-state index contributed by atoms with van der Waals surface area (Å²) in [6.45, 7) is 4.26. The molecule has 0 heterocycles. The van der Waals surface area contributed by atoms with Crippen molar-refractivity contribution in [3.05, 3.63) is 34.6 Å². The fourth-order valence-electron chi connectivity index (χ4n) is 2.01. The second-order valence-corrected chi connectivity index (χ2v) is 4.92. The van der Waals surface area contributed by atoms with Crippen LogP contribution in [0.4, 0.5) is 4.39 Å². The van der Waals surface area contributed by atoms with Gasteiger partial charge in [-0.1, -0.05) is 37.9 Å². The Balaban J connectivity index is 2.73. The summed E-state index contributed by atoms with van der Waals surface area (Å²) in [7, 11) is 0. The van der Waals surface area contributed by atoms with Crippen molar-refractivity contribution in [1.29, 1.82) is 0 Å². The van der Waals surface area contributed by atoms with E-state index < -0.39 is 0 Å². The van der Waals surface area contributed by atoms with E-state index >= 15 is 0 Å². The number of nitrogens with two attached hydrogens (primary N) is 1. The number of nitrogens with one attached hydrogen (secondary N) is 1. The lowest BCUT2D eigenvalue weighted by atomic mass is 9.92. The van der Waals surface area contributed by atoms with E-state index in [-0.39, 0.29) is 11.9 Å². The van der Waals surface area contributed by atoms with E-state index in [1.54, 1.807) is 12.1 Å². The molecular formula is C13H20ClFN2. The van der Waals surface area contributed by atoms with Crippen molar-refractivity contribution in [2.75, 3.05) is 0 Å². The van der Waals surface area contributed by atoms with Crippen LogP contribution in [-0.2, 0) is 6.42 Å². The molecule has 96 valence electrons. The minimum atomic E-state index is -0.263. The highest BCUT2D eigenvalue weighted by atomic mass is 35.5. The summed E-state index contributed by atoms with van der Waals surface area (Å²) in [5.41, 5.74) is 3.43. The maximum atomic E-state index is 13.6. The molecule has 0 aliphatic carbocycles. The molecule has 0 saturated heterocycles. The highest BCUT2D eigenvalue weighted by molar-refractivity contribution is 6.30. The molecule has 0 radical (unpaired) electrons. The Labute approximate surface area is 107 Å². The Morgan fingerprint density at radius 2 is 2.18 bits per heavy atom. The predicted octanol–water partition coefficient (Wildman–Crippen LogP) is 3.29. The van der Waals surface area contributed by atoms with Gasteiger partial charge < -0.3 is 0 Å². The highest BCUT2D eigenvalue weighted by Gasteiger charge is 2.17. The van der Waals surface area contributed by atoms with Gasteiger partial charge in [0.25, 0.3) is 0 Å². The number of hydrazine groups is 1. The number of benzene rings is 1. The molecule has 3 N–H and O–H groups in total. The summed E-state index contributed by atoms with van der Waals surface area (Å²) in [4.78, 5) is 0.